The molecule has 0 amide bonds. The van der Waals surface area contributed by atoms with E-state index in [0.29, 0.717) is 26.4 Å². The number of hydrogen-bond acceptors (Lipinski definition) is 8. The van der Waals surface area contributed by atoms with Gasteiger partial charge in [-0.3, -0.25) is 0 Å². The van der Waals surface area contributed by atoms with E-state index in [-0.39, 0.29) is 0 Å². The highest BCUT2D eigenvalue weighted by atomic mass is 32.1. The third-order valence-corrected chi connectivity index (χ3v) is 8.57. The lowest BCUT2D eigenvalue weighted by Gasteiger charge is -2.18. The van der Waals surface area contributed by atoms with Crippen molar-refractivity contribution in [2.24, 2.45) is 0 Å². The van der Waals surface area contributed by atoms with Gasteiger partial charge in [0.1, 0.15) is 37.8 Å². The van der Waals surface area contributed by atoms with Crippen molar-refractivity contribution in [3.8, 4) is 66.7 Å². The number of nitrogens with zero attached hydrogens (tertiary/aromatic N) is 2. The molecule has 2 aliphatic heterocycles. The zero-order chi connectivity index (χ0) is 25.1. The third kappa shape index (κ3) is 3.34. The van der Waals surface area contributed by atoms with Crippen LogP contribution in [-0.4, -0.2) is 46.4 Å². The van der Waals surface area contributed by atoms with E-state index in [1.54, 1.807) is 22.7 Å². The average molecular weight is 541 g/mol. The van der Waals surface area contributed by atoms with Gasteiger partial charge < -0.3 is 28.9 Å². The van der Waals surface area contributed by atoms with Crippen molar-refractivity contribution in [1.82, 2.24) is 19.9 Å². The van der Waals surface area contributed by atoms with Gasteiger partial charge in [0.25, 0.3) is 0 Å². The molecule has 0 bridgehead atoms. The molecule has 0 aliphatic carbocycles. The summed E-state index contributed by atoms with van der Waals surface area (Å²) in [6.45, 7) is 2.12. The van der Waals surface area contributed by atoms with E-state index in [4.69, 9.17) is 28.9 Å². The Labute approximate surface area is 224 Å². The maximum Gasteiger partial charge on any atom is 0.180 e. The van der Waals surface area contributed by atoms with E-state index in [9.17, 15) is 0 Å². The largest absolute Gasteiger partial charge is 0.485 e. The fourth-order valence-corrected chi connectivity index (χ4v) is 6.85. The normalized spacial score (nSPS) is 14.2. The first-order valence-corrected chi connectivity index (χ1v) is 14.0. The van der Waals surface area contributed by atoms with E-state index >= 15 is 0 Å². The van der Waals surface area contributed by atoms with E-state index in [0.717, 1.165) is 77.7 Å². The van der Waals surface area contributed by atoms with E-state index in [1.165, 1.54) is 0 Å². The number of hydrogen-bond donors (Lipinski definition) is 2. The van der Waals surface area contributed by atoms with Crippen LogP contribution in [0, 0.1) is 0 Å². The molecule has 0 radical (unpaired) electrons. The smallest absolute Gasteiger partial charge is 0.180 e. The quantitative estimate of drug-likeness (QED) is 0.261. The topological polar surface area (TPSA) is 94.3 Å². The minimum absolute atomic E-state index is 0.516. The number of benzene rings is 1. The van der Waals surface area contributed by atoms with Crippen molar-refractivity contribution >= 4 is 33.7 Å². The van der Waals surface area contributed by atoms with Crippen LogP contribution in [0.25, 0.3) is 54.7 Å². The highest BCUT2D eigenvalue weighted by Crippen LogP contribution is 2.51. The summed E-state index contributed by atoms with van der Waals surface area (Å²) in [5, 5.41) is 3.99. The number of rotatable bonds is 4. The summed E-state index contributed by atoms with van der Waals surface area (Å²) in [7, 11) is 0. The van der Waals surface area contributed by atoms with E-state index in [1.807, 2.05) is 47.4 Å². The van der Waals surface area contributed by atoms with Crippen molar-refractivity contribution in [3.05, 3.63) is 59.6 Å². The van der Waals surface area contributed by atoms with Crippen LogP contribution in [0.15, 0.2) is 59.6 Å². The van der Waals surface area contributed by atoms with Crippen LogP contribution in [0.2, 0.25) is 0 Å². The Morgan fingerprint density at radius 3 is 1.53 bits per heavy atom. The van der Waals surface area contributed by atoms with Crippen LogP contribution < -0.4 is 18.9 Å². The van der Waals surface area contributed by atoms with Gasteiger partial charge in [0.05, 0.1) is 32.2 Å². The fourth-order valence-electron chi connectivity index (χ4n) is 4.93. The van der Waals surface area contributed by atoms with Gasteiger partial charge in [0.2, 0.25) is 0 Å². The van der Waals surface area contributed by atoms with Gasteiger partial charge in [-0.1, -0.05) is 12.1 Å². The van der Waals surface area contributed by atoms with Gasteiger partial charge in [0.15, 0.2) is 23.0 Å². The second kappa shape index (κ2) is 8.64. The minimum Gasteiger partial charge on any atom is -0.485 e. The van der Waals surface area contributed by atoms with Crippen molar-refractivity contribution in [1.29, 1.82) is 0 Å². The molecule has 0 spiro atoms. The number of thiophene rings is 2. The van der Waals surface area contributed by atoms with Gasteiger partial charge >= 0.3 is 0 Å². The lowest BCUT2D eigenvalue weighted by molar-refractivity contribution is 0.174. The molecule has 6 aromatic rings. The first kappa shape index (κ1) is 21.8. The lowest BCUT2D eigenvalue weighted by Crippen LogP contribution is -2.14. The van der Waals surface area contributed by atoms with Crippen LogP contribution in [-0.2, 0) is 0 Å². The third-order valence-electron chi connectivity index (χ3n) is 6.62. The molecule has 1 aromatic carbocycles. The zero-order valence-corrected chi connectivity index (χ0v) is 21.6. The Balaban J connectivity index is 1.45. The predicted molar refractivity (Wildman–Crippen MR) is 148 cm³/mol. The summed E-state index contributed by atoms with van der Waals surface area (Å²) in [6, 6.07) is 12.1. The summed E-state index contributed by atoms with van der Waals surface area (Å²) in [4.78, 5) is 19.2. The first-order chi connectivity index (χ1) is 18.8. The molecule has 38 heavy (non-hydrogen) atoms. The SMILES string of the molecule is c1c[nH]c(-c2nc3c(-c4scc5c4OCCO5)ccc(-c4scc5c4OCCO5)c3nc2-c2ccc[nH]2)c1. The molecule has 0 atom stereocenters. The molecule has 8 nitrogen and oxygen atoms in total. The molecule has 188 valence electrons. The molecule has 0 saturated carbocycles. The number of ether oxygens (including phenoxy) is 4. The van der Waals surface area contributed by atoms with Crippen LogP contribution in [0.4, 0.5) is 0 Å². The highest BCUT2D eigenvalue weighted by molar-refractivity contribution is 7.15. The number of fused-ring (bicyclic) bond motifs is 3. The maximum absolute atomic E-state index is 6.05. The van der Waals surface area contributed by atoms with Gasteiger partial charge in [0, 0.05) is 34.3 Å². The maximum atomic E-state index is 6.05. The molecular weight excluding hydrogens is 520 g/mol. The summed E-state index contributed by atoms with van der Waals surface area (Å²) < 4.78 is 23.8. The molecule has 7 heterocycles. The van der Waals surface area contributed by atoms with Crippen LogP contribution >= 0.6 is 22.7 Å². The summed E-state index contributed by atoms with van der Waals surface area (Å²) >= 11 is 3.18. The fraction of sp³-hybridized carbons (Fsp3) is 0.143. The minimum atomic E-state index is 0.516. The zero-order valence-electron chi connectivity index (χ0n) is 19.9. The number of nitrogens with one attached hydrogen (secondary N) is 2. The molecule has 8 rings (SSSR count). The molecule has 0 saturated heterocycles. The molecule has 0 unspecified atom stereocenters. The molecule has 5 aromatic heterocycles. The van der Waals surface area contributed by atoms with Crippen molar-refractivity contribution in [2.45, 2.75) is 0 Å². The summed E-state index contributed by atoms with van der Waals surface area (Å²) in [5.41, 5.74) is 6.75. The predicted octanol–water partition coefficient (Wildman–Crippen LogP) is 6.62. The Morgan fingerprint density at radius 1 is 0.605 bits per heavy atom. The average Bonchev–Trinajstić information content (AvgIpc) is 3.79. The van der Waals surface area contributed by atoms with Gasteiger partial charge in [-0.15, -0.1) is 22.7 Å². The Kier molecular flexibility index (Phi) is 4.95. The summed E-state index contributed by atoms with van der Waals surface area (Å²) in [6.07, 6.45) is 3.79. The number of aromatic amines is 2. The van der Waals surface area contributed by atoms with Crippen molar-refractivity contribution in [2.75, 3.05) is 26.4 Å². The first-order valence-electron chi connectivity index (χ1n) is 12.2. The second-order valence-electron chi connectivity index (χ2n) is 8.86. The van der Waals surface area contributed by atoms with E-state index < -0.39 is 0 Å². The van der Waals surface area contributed by atoms with Gasteiger partial charge in [-0.25, -0.2) is 9.97 Å². The van der Waals surface area contributed by atoms with E-state index in [2.05, 4.69) is 22.1 Å². The van der Waals surface area contributed by atoms with Crippen molar-refractivity contribution in [3.63, 3.8) is 0 Å². The molecule has 2 N–H and O–H groups in total. The lowest BCUT2D eigenvalue weighted by atomic mass is 10.0. The van der Waals surface area contributed by atoms with Crippen LogP contribution in [0.1, 0.15) is 0 Å². The molecule has 2 aliphatic rings. The number of H-pyrrole nitrogens is 2. The van der Waals surface area contributed by atoms with Gasteiger partial charge in [-0.05, 0) is 24.3 Å². The number of aromatic nitrogens is 4. The van der Waals surface area contributed by atoms with Crippen LogP contribution in [0.5, 0.6) is 23.0 Å². The Morgan fingerprint density at radius 2 is 1.08 bits per heavy atom. The Bertz CT molecular complexity index is 1660. The monoisotopic (exact) mass is 540 g/mol. The molecule has 10 heteroatoms. The van der Waals surface area contributed by atoms with Crippen molar-refractivity contribution < 1.29 is 18.9 Å². The van der Waals surface area contributed by atoms with Crippen LogP contribution in [0.3, 0.4) is 0 Å². The summed E-state index contributed by atoms with van der Waals surface area (Å²) in [5.74, 6) is 3.06. The van der Waals surface area contributed by atoms with Gasteiger partial charge in [-0.2, -0.15) is 0 Å². The highest BCUT2D eigenvalue weighted by Gasteiger charge is 2.27. The molecule has 0 fully saturated rings. The standard InChI is InChI=1S/C28H20N4O4S2/c1-3-17(29-7-1)23-24(18-4-2-8-30-18)32-22-16(28-26-20(14-38-28)34-10-12-36-26)6-5-15(21(22)31-23)27-25-19(13-37-27)33-9-11-35-25/h1-8,13-14,29-30H,9-12H2. The molecular formula is C28H20N4O4S2. The second-order valence-corrected chi connectivity index (χ2v) is 10.6. The Hall–Kier alpha value is -4.28.